The molecule has 2 aliphatic heterocycles. The van der Waals surface area contributed by atoms with Gasteiger partial charge in [0.2, 0.25) is 5.95 Å². The molecule has 2 aliphatic rings. The van der Waals surface area contributed by atoms with Gasteiger partial charge in [-0.3, -0.25) is 9.80 Å². The number of morpholine rings is 1. The zero-order chi connectivity index (χ0) is 30.3. The van der Waals surface area contributed by atoms with E-state index in [0.29, 0.717) is 42.4 Å². The maximum Gasteiger partial charge on any atom is 0.229 e. The molecule has 0 radical (unpaired) electrons. The number of anilines is 2. The summed E-state index contributed by atoms with van der Waals surface area (Å²) in [4.78, 5) is 21.8. The number of likely N-dealkylation sites (tertiary alicyclic amines) is 1. The number of fused-ring (bicyclic) bond motifs is 1. The van der Waals surface area contributed by atoms with Gasteiger partial charge in [0, 0.05) is 57.1 Å². The molecule has 12 heteroatoms. The predicted molar refractivity (Wildman–Crippen MR) is 159 cm³/mol. The maximum atomic E-state index is 15.0. The first-order valence-corrected chi connectivity index (χ1v) is 14.7. The van der Waals surface area contributed by atoms with Crippen molar-refractivity contribution in [3.8, 4) is 11.3 Å². The molecule has 3 aromatic heterocycles. The first-order chi connectivity index (χ1) is 20.6. The van der Waals surface area contributed by atoms with Gasteiger partial charge in [0.1, 0.15) is 29.0 Å². The van der Waals surface area contributed by atoms with Crippen molar-refractivity contribution in [1.29, 1.82) is 0 Å². The van der Waals surface area contributed by atoms with Crippen molar-refractivity contribution in [3.05, 3.63) is 59.7 Å². The standard InChI is InChI=1S/C31H37F3N8O/c1-19(2)42-20(3)37-29-24(33)11-22(12-26(29)42)28-25(34)14-36-30(39-28)38-27-6-5-21(13-35-27)15-41-9-10-43-31(4,18-41)7-8-40-16-23(32)17-40/h5-6,11-14,19,23H,7-10,15-18H2,1-4H3,(H,35,36,38,39)/t31-/m1/s1. The number of rotatable bonds is 9. The first kappa shape index (κ1) is 29.5. The number of pyridine rings is 1. The predicted octanol–water partition coefficient (Wildman–Crippen LogP) is 5.43. The molecule has 1 aromatic carbocycles. The van der Waals surface area contributed by atoms with Crippen LogP contribution in [0.25, 0.3) is 22.3 Å². The summed E-state index contributed by atoms with van der Waals surface area (Å²) in [6.07, 6.45) is 3.03. The molecule has 0 aliphatic carbocycles. The summed E-state index contributed by atoms with van der Waals surface area (Å²) in [5.74, 6) is 0.142. The monoisotopic (exact) mass is 594 g/mol. The fourth-order valence-corrected chi connectivity index (χ4v) is 6.04. The van der Waals surface area contributed by atoms with Crippen LogP contribution in [0.2, 0.25) is 0 Å². The number of aromatic nitrogens is 5. The Hall–Kier alpha value is -3.61. The maximum absolute atomic E-state index is 15.0. The van der Waals surface area contributed by atoms with Gasteiger partial charge in [-0.05, 0) is 57.9 Å². The highest BCUT2D eigenvalue weighted by atomic mass is 19.1. The van der Waals surface area contributed by atoms with Gasteiger partial charge in [0.25, 0.3) is 0 Å². The third-order valence-electron chi connectivity index (χ3n) is 8.22. The molecule has 5 heterocycles. The van der Waals surface area contributed by atoms with Crippen LogP contribution in [0, 0.1) is 18.6 Å². The van der Waals surface area contributed by atoms with Crippen LogP contribution in [-0.2, 0) is 11.3 Å². The largest absolute Gasteiger partial charge is 0.373 e. The van der Waals surface area contributed by atoms with Crippen LogP contribution in [0.1, 0.15) is 44.6 Å². The summed E-state index contributed by atoms with van der Waals surface area (Å²) in [7, 11) is 0. The zero-order valence-electron chi connectivity index (χ0n) is 24.9. The van der Waals surface area contributed by atoms with Gasteiger partial charge in [-0.1, -0.05) is 6.07 Å². The third kappa shape index (κ3) is 6.36. The normalized spacial score (nSPS) is 20.2. The van der Waals surface area contributed by atoms with Crippen LogP contribution in [0.15, 0.2) is 36.7 Å². The highest BCUT2D eigenvalue weighted by Crippen LogP contribution is 2.31. The van der Waals surface area contributed by atoms with E-state index in [-0.39, 0.29) is 28.8 Å². The summed E-state index contributed by atoms with van der Waals surface area (Å²) in [5.41, 5.74) is 1.88. The molecule has 0 spiro atoms. The van der Waals surface area contributed by atoms with Crippen molar-refractivity contribution in [1.82, 2.24) is 34.3 Å². The van der Waals surface area contributed by atoms with Crippen molar-refractivity contribution < 1.29 is 17.9 Å². The lowest BCUT2D eigenvalue weighted by molar-refractivity contribution is -0.110. The van der Waals surface area contributed by atoms with Gasteiger partial charge in [-0.25, -0.2) is 33.1 Å². The van der Waals surface area contributed by atoms with Crippen molar-refractivity contribution in [2.45, 2.75) is 58.5 Å². The number of hydrogen-bond acceptors (Lipinski definition) is 8. The third-order valence-corrected chi connectivity index (χ3v) is 8.22. The second-order valence-electron chi connectivity index (χ2n) is 12.1. The molecule has 4 aromatic rings. The summed E-state index contributed by atoms with van der Waals surface area (Å²) < 4.78 is 51.1. The van der Waals surface area contributed by atoms with Gasteiger partial charge in [0.15, 0.2) is 11.6 Å². The average molecular weight is 595 g/mol. The van der Waals surface area contributed by atoms with Crippen molar-refractivity contribution in [3.63, 3.8) is 0 Å². The van der Waals surface area contributed by atoms with Crippen LogP contribution in [-0.4, -0.2) is 85.4 Å². The Morgan fingerprint density at radius 2 is 1.88 bits per heavy atom. The van der Waals surface area contributed by atoms with Crippen molar-refractivity contribution in [2.24, 2.45) is 0 Å². The van der Waals surface area contributed by atoms with Crippen molar-refractivity contribution in [2.75, 3.05) is 44.6 Å². The Bertz CT molecular complexity index is 1610. The minimum Gasteiger partial charge on any atom is -0.373 e. The number of alkyl halides is 1. The van der Waals surface area contributed by atoms with Crippen LogP contribution >= 0.6 is 0 Å². The molecule has 0 saturated carbocycles. The summed E-state index contributed by atoms with van der Waals surface area (Å²) in [6, 6.07) is 6.82. The number of benzene rings is 1. The van der Waals surface area contributed by atoms with Crippen LogP contribution in [0.4, 0.5) is 24.9 Å². The molecule has 2 fully saturated rings. The van der Waals surface area contributed by atoms with E-state index in [9.17, 15) is 8.78 Å². The molecule has 1 atom stereocenters. The molecule has 9 nitrogen and oxygen atoms in total. The molecule has 43 heavy (non-hydrogen) atoms. The molecular weight excluding hydrogens is 557 g/mol. The van der Waals surface area contributed by atoms with E-state index >= 15 is 4.39 Å². The first-order valence-electron chi connectivity index (χ1n) is 14.7. The minimum absolute atomic E-state index is 0.0157. The molecule has 1 N–H and O–H groups in total. The number of halogens is 3. The number of imidazole rings is 1. The molecule has 0 amide bonds. The zero-order valence-corrected chi connectivity index (χ0v) is 24.9. The Balaban J connectivity index is 1.13. The quantitative estimate of drug-likeness (QED) is 0.275. The van der Waals surface area contributed by atoms with Gasteiger partial charge >= 0.3 is 0 Å². The topological polar surface area (TPSA) is 84.2 Å². The number of aryl methyl sites for hydroxylation is 1. The second-order valence-corrected chi connectivity index (χ2v) is 12.1. The van der Waals surface area contributed by atoms with Gasteiger partial charge in [-0.2, -0.15) is 0 Å². The highest BCUT2D eigenvalue weighted by Gasteiger charge is 2.34. The molecular formula is C31H37F3N8O. The lowest BCUT2D eigenvalue weighted by atomic mass is 9.98. The summed E-state index contributed by atoms with van der Waals surface area (Å²) in [6.45, 7) is 12.8. The SMILES string of the molecule is Cc1nc2c(F)cc(-c3nc(Nc4ccc(CN5CCO[C@](C)(CCN6CC(F)C6)C5)cn4)ncc3F)cc2n1C(C)C. The Labute approximate surface area is 249 Å². The van der Waals surface area contributed by atoms with Crippen LogP contribution in [0.3, 0.4) is 0 Å². The molecule has 228 valence electrons. The smallest absolute Gasteiger partial charge is 0.229 e. The van der Waals surface area contributed by atoms with E-state index in [2.05, 4.69) is 42.0 Å². The summed E-state index contributed by atoms with van der Waals surface area (Å²) >= 11 is 0. The van der Waals surface area contributed by atoms with E-state index in [1.807, 2.05) is 37.5 Å². The highest BCUT2D eigenvalue weighted by molar-refractivity contribution is 5.83. The van der Waals surface area contributed by atoms with Crippen LogP contribution in [0.5, 0.6) is 0 Å². The van der Waals surface area contributed by atoms with Crippen LogP contribution < -0.4 is 5.32 Å². The van der Waals surface area contributed by atoms with Gasteiger partial charge in [0.05, 0.1) is 23.9 Å². The van der Waals surface area contributed by atoms with E-state index in [0.717, 1.165) is 44.4 Å². The van der Waals surface area contributed by atoms with E-state index in [1.165, 1.54) is 6.07 Å². The van der Waals surface area contributed by atoms with Crippen molar-refractivity contribution >= 4 is 22.8 Å². The number of hydrogen-bond donors (Lipinski definition) is 1. The van der Waals surface area contributed by atoms with E-state index in [1.54, 1.807) is 12.3 Å². The number of ether oxygens (including phenoxy) is 1. The summed E-state index contributed by atoms with van der Waals surface area (Å²) in [5, 5.41) is 3.04. The Morgan fingerprint density at radius 3 is 2.60 bits per heavy atom. The molecule has 2 saturated heterocycles. The van der Waals surface area contributed by atoms with Gasteiger partial charge in [-0.15, -0.1) is 0 Å². The van der Waals surface area contributed by atoms with E-state index < -0.39 is 17.8 Å². The molecule has 0 bridgehead atoms. The number of nitrogens with zero attached hydrogens (tertiary/aromatic N) is 7. The Morgan fingerprint density at radius 1 is 1.07 bits per heavy atom. The fraction of sp³-hybridized carbons (Fsp3) is 0.484. The second kappa shape index (κ2) is 11.8. The van der Waals surface area contributed by atoms with Gasteiger partial charge < -0.3 is 14.6 Å². The number of nitrogens with one attached hydrogen (secondary N) is 1. The molecule has 0 unspecified atom stereocenters. The van der Waals surface area contributed by atoms with E-state index in [4.69, 9.17) is 4.74 Å². The lowest BCUT2D eigenvalue weighted by Gasteiger charge is -2.43. The fourth-order valence-electron chi connectivity index (χ4n) is 6.04. The average Bonchev–Trinajstić information content (AvgIpc) is 3.29. The minimum atomic E-state index is -0.691. The lowest BCUT2D eigenvalue weighted by Crippen LogP contribution is -2.54. The Kier molecular flexibility index (Phi) is 8.10. The molecule has 6 rings (SSSR count).